The molecule has 5 nitrogen and oxygen atoms in total. The van der Waals surface area contributed by atoms with E-state index in [-0.39, 0.29) is 12.6 Å². The van der Waals surface area contributed by atoms with Crippen LogP contribution >= 0.6 is 0 Å². The lowest BCUT2D eigenvalue weighted by Crippen LogP contribution is -2.46. The lowest BCUT2D eigenvalue weighted by molar-refractivity contribution is -0.159. The van der Waals surface area contributed by atoms with Crippen molar-refractivity contribution in [2.24, 2.45) is 0 Å². The molecule has 1 aliphatic rings. The van der Waals surface area contributed by atoms with Crippen molar-refractivity contribution in [2.75, 3.05) is 40.0 Å². The molecule has 88 valence electrons. The number of esters is 1. The van der Waals surface area contributed by atoms with Crippen LogP contribution in [0.5, 0.6) is 0 Å². The summed E-state index contributed by atoms with van der Waals surface area (Å²) in [4.78, 5) is 13.4. The zero-order valence-electron chi connectivity index (χ0n) is 9.15. The van der Waals surface area contributed by atoms with Crippen LogP contribution in [0.2, 0.25) is 0 Å². The first-order chi connectivity index (χ1) is 7.27. The predicted octanol–water partition coefficient (Wildman–Crippen LogP) is -0.367. The van der Waals surface area contributed by atoms with Crippen molar-refractivity contribution < 1.29 is 19.4 Å². The van der Waals surface area contributed by atoms with Gasteiger partial charge in [0.2, 0.25) is 0 Å². The molecule has 0 aromatic carbocycles. The predicted molar refractivity (Wildman–Crippen MR) is 54.5 cm³/mol. The van der Waals surface area contributed by atoms with Crippen LogP contribution in [0.15, 0.2) is 0 Å². The second-order valence-electron chi connectivity index (χ2n) is 3.61. The maximum absolute atomic E-state index is 11.2. The number of hydrogen-bond acceptors (Lipinski definition) is 5. The van der Waals surface area contributed by atoms with Crippen molar-refractivity contribution in [3.63, 3.8) is 0 Å². The molecule has 0 bridgehead atoms. The van der Waals surface area contributed by atoms with E-state index in [4.69, 9.17) is 9.84 Å². The number of carbonyl (C=O) groups excluding carboxylic acids is 1. The molecule has 1 aliphatic heterocycles. The molecule has 5 heteroatoms. The quantitative estimate of drug-likeness (QED) is 0.503. The van der Waals surface area contributed by atoms with E-state index < -0.39 is 6.10 Å². The molecule has 0 aromatic rings. The number of ether oxygens (including phenoxy) is 2. The Morgan fingerprint density at radius 2 is 2.40 bits per heavy atom. The van der Waals surface area contributed by atoms with Crippen LogP contribution in [0.25, 0.3) is 0 Å². The van der Waals surface area contributed by atoms with Gasteiger partial charge in [-0.25, -0.2) is 4.79 Å². The van der Waals surface area contributed by atoms with Crippen molar-refractivity contribution in [1.29, 1.82) is 0 Å². The van der Waals surface area contributed by atoms with Crippen LogP contribution in [-0.2, 0) is 14.3 Å². The standard InChI is InChI=1S/C10H19NO4/c1-14-10(13)9-8-11(5-7-15-9)4-2-3-6-12/h9,12H,2-8H2,1H3. The summed E-state index contributed by atoms with van der Waals surface area (Å²) in [6.07, 6.45) is 1.31. The van der Waals surface area contributed by atoms with E-state index in [0.717, 1.165) is 25.9 Å². The van der Waals surface area contributed by atoms with E-state index >= 15 is 0 Å². The lowest BCUT2D eigenvalue weighted by Gasteiger charge is -2.31. The highest BCUT2D eigenvalue weighted by Crippen LogP contribution is 2.07. The van der Waals surface area contributed by atoms with E-state index in [1.165, 1.54) is 7.11 Å². The van der Waals surface area contributed by atoms with Gasteiger partial charge >= 0.3 is 5.97 Å². The summed E-state index contributed by atoms with van der Waals surface area (Å²) < 4.78 is 9.93. The molecule has 0 amide bonds. The smallest absolute Gasteiger partial charge is 0.336 e. The molecule has 0 aromatic heterocycles. The Hall–Kier alpha value is -0.650. The fraction of sp³-hybridized carbons (Fsp3) is 0.900. The minimum absolute atomic E-state index is 0.227. The van der Waals surface area contributed by atoms with Gasteiger partial charge < -0.3 is 14.6 Å². The van der Waals surface area contributed by atoms with E-state index in [2.05, 4.69) is 9.64 Å². The second-order valence-corrected chi connectivity index (χ2v) is 3.61. The first kappa shape index (κ1) is 12.4. The molecule has 1 unspecified atom stereocenters. The highest BCUT2D eigenvalue weighted by molar-refractivity contribution is 5.74. The van der Waals surface area contributed by atoms with Gasteiger partial charge in [-0.05, 0) is 19.4 Å². The number of unbranched alkanes of at least 4 members (excludes halogenated alkanes) is 1. The number of rotatable bonds is 5. The SMILES string of the molecule is COC(=O)C1CN(CCCCO)CCO1. The third kappa shape index (κ3) is 4.15. The molecular weight excluding hydrogens is 198 g/mol. The van der Waals surface area contributed by atoms with Crippen molar-refractivity contribution in [1.82, 2.24) is 4.90 Å². The van der Waals surface area contributed by atoms with E-state index in [0.29, 0.717) is 13.2 Å². The molecular formula is C10H19NO4. The van der Waals surface area contributed by atoms with Gasteiger partial charge in [0, 0.05) is 19.7 Å². The molecule has 0 radical (unpaired) electrons. The number of morpholine rings is 1. The third-order valence-electron chi connectivity index (χ3n) is 2.50. The monoisotopic (exact) mass is 217 g/mol. The molecule has 15 heavy (non-hydrogen) atoms. The molecule has 1 rings (SSSR count). The zero-order chi connectivity index (χ0) is 11.1. The van der Waals surface area contributed by atoms with E-state index in [1.54, 1.807) is 0 Å². The maximum Gasteiger partial charge on any atom is 0.336 e. The van der Waals surface area contributed by atoms with Gasteiger partial charge in [0.25, 0.3) is 0 Å². The fourth-order valence-corrected chi connectivity index (χ4v) is 1.63. The highest BCUT2D eigenvalue weighted by Gasteiger charge is 2.26. The van der Waals surface area contributed by atoms with Gasteiger partial charge in [-0.15, -0.1) is 0 Å². The molecule has 1 heterocycles. The Morgan fingerprint density at radius 3 is 3.07 bits per heavy atom. The summed E-state index contributed by atoms with van der Waals surface area (Å²) in [5.74, 6) is -0.304. The summed E-state index contributed by atoms with van der Waals surface area (Å²) in [5, 5.41) is 8.66. The van der Waals surface area contributed by atoms with Crippen LogP contribution in [0, 0.1) is 0 Å². The van der Waals surface area contributed by atoms with Crippen LogP contribution < -0.4 is 0 Å². The minimum Gasteiger partial charge on any atom is -0.467 e. The Morgan fingerprint density at radius 1 is 1.60 bits per heavy atom. The summed E-state index contributed by atoms with van der Waals surface area (Å²) in [6.45, 7) is 3.14. The minimum atomic E-state index is -0.446. The highest BCUT2D eigenvalue weighted by atomic mass is 16.6. The van der Waals surface area contributed by atoms with Crippen LogP contribution in [0.1, 0.15) is 12.8 Å². The summed E-state index contributed by atoms with van der Waals surface area (Å²) in [7, 11) is 1.37. The van der Waals surface area contributed by atoms with Crippen LogP contribution in [0.3, 0.4) is 0 Å². The first-order valence-corrected chi connectivity index (χ1v) is 5.30. The van der Waals surface area contributed by atoms with Gasteiger partial charge in [0.1, 0.15) is 0 Å². The molecule has 0 aliphatic carbocycles. The number of methoxy groups -OCH3 is 1. The molecule has 1 fully saturated rings. The van der Waals surface area contributed by atoms with E-state index in [9.17, 15) is 4.79 Å². The van der Waals surface area contributed by atoms with Gasteiger partial charge in [-0.1, -0.05) is 0 Å². The zero-order valence-corrected chi connectivity index (χ0v) is 9.15. The number of carbonyl (C=O) groups is 1. The Kier molecular flexibility index (Phi) is 5.60. The number of nitrogens with zero attached hydrogens (tertiary/aromatic N) is 1. The second kappa shape index (κ2) is 6.76. The Labute approximate surface area is 90.0 Å². The number of aliphatic hydroxyl groups excluding tert-OH is 1. The Bertz CT molecular complexity index is 198. The molecule has 0 spiro atoms. The van der Waals surface area contributed by atoms with Crippen LogP contribution in [0.4, 0.5) is 0 Å². The van der Waals surface area contributed by atoms with Crippen molar-refractivity contribution in [3.8, 4) is 0 Å². The third-order valence-corrected chi connectivity index (χ3v) is 2.50. The summed E-state index contributed by atoms with van der Waals surface area (Å²) in [6, 6.07) is 0. The van der Waals surface area contributed by atoms with Gasteiger partial charge in [-0.3, -0.25) is 4.90 Å². The average molecular weight is 217 g/mol. The molecule has 1 N–H and O–H groups in total. The normalized spacial score (nSPS) is 22.7. The van der Waals surface area contributed by atoms with Gasteiger partial charge in [0.05, 0.1) is 13.7 Å². The Balaban J connectivity index is 2.26. The van der Waals surface area contributed by atoms with Crippen molar-refractivity contribution in [2.45, 2.75) is 18.9 Å². The average Bonchev–Trinajstić information content (AvgIpc) is 2.29. The lowest BCUT2D eigenvalue weighted by atomic mass is 10.2. The molecule has 0 saturated carbocycles. The van der Waals surface area contributed by atoms with Gasteiger partial charge in [-0.2, -0.15) is 0 Å². The molecule has 1 saturated heterocycles. The number of aliphatic hydroxyl groups is 1. The van der Waals surface area contributed by atoms with E-state index in [1.807, 2.05) is 0 Å². The van der Waals surface area contributed by atoms with Crippen molar-refractivity contribution >= 4 is 5.97 Å². The molecule has 1 atom stereocenters. The largest absolute Gasteiger partial charge is 0.467 e. The maximum atomic E-state index is 11.2. The fourth-order valence-electron chi connectivity index (χ4n) is 1.63. The number of hydrogen-bond donors (Lipinski definition) is 1. The van der Waals surface area contributed by atoms with Gasteiger partial charge in [0.15, 0.2) is 6.10 Å². The van der Waals surface area contributed by atoms with Crippen molar-refractivity contribution in [3.05, 3.63) is 0 Å². The summed E-state index contributed by atoms with van der Waals surface area (Å²) >= 11 is 0. The topological polar surface area (TPSA) is 59.0 Å². The van der Waals surface area contributed by atoms with Crippen LogP contribution in [-0.4, -0.2) is 62.0 Å². The summed E-state index contributed by atoms with van der Waals surface area (Å²) in [5.41, 5.74) is 0. The first-order valence-electron chi connectivity index (χ1n) is 5.30.